The zero-order chi connectivity index (χ0) is 21.4. The van der Waals surface area contributed by atoms with Crippen LogP contribution in [0, 0.1) is 0 Å². The minimum atomic E-state index is -0.708. The van der Waals surface area contributed by atoms with Crippen LogP contribution in [0.2, 0.25) is 0 Å². The van der Waals surface area contributed by atoms with Gasteiger partial charge in [0.1, 0.15) is 11.2 Å². The first-order valence-corrected chi connectivity index (χ1v) is 9.93. The van der Waals surface area contributed by atoms with Crippen molar-refractivity contribution in [3.8, 4) is 17.1 Å². The molecule has 3 aromatic heterocycles. The number of aryl methyl sites for hydroxylation is 1. The van der Waals surface area contributed by atoms with Gasteiger partial charge < -0.3 is 14.0 Å². The Bertz CT molecular complexity index is 1270. The lowest BCUT2D eigenvalue weighted by Crippen LogP contribution is -2.42. The van der Waals surface area contributed by atoms with Crippen molar-refractivity contribution >= 4 is 23.3 Å². The topological polar surface area (TPSA) is 93.8 Å². The van der Waals surface area contributed by atoms with Crippen molar-refractivity contribution in [1.29, 1.82) is 0 Å². The van der Waals surface area contributed by atoms with E-state index < -0.39 is 6.09 Å². The molecule has 1 aromatic carbocycles. The lowest BCUT2D eigenvalue weighted by Gasteiger charge is -2.30. The minimum Gasteiger partial charge on any atom is -0.390 e. The molecule has 4 heterocycles. The number of nitrogens with zero attached hydrogens (tertiary/aromatic N) is 5. The summed E-state index contributed by atoms with van der Waals surface area (Å²) < 4.78 is 8.67. The molecule has 9 nitrogen and oxygen atoms in total. The molecule has 9 heteroatoms. The Morgan fingerprint density at radius 2 is 1.94 bits per heavy atom. The average Bonchev–Trinajstić information content (AvgIpc) is 3.31. The van der Waals surface area contributed by atoms with Crippen LogP contribution in [0.5, 0.6) is 5.88 Å². The van der Waals surface area contributed by atoms with Gasteiger partial charge in [0.2, 0.25) is 5.88 Å². The molecule has 0 atom stereocenters. The Morgan fingerprint density at radius 3 is 2.68 bits per heavy atom. The number of rotatable bonds is 4. The zero-order valence-corrected chi connectivity index (χ0v) is 16.9. The molecule has 31 heavy (non-hydrogen) atoms. The van der Waals surface area contributed by atoms with E-state index in [9.17, 15) is 9.59 Å². The number of ether oxygens (including phenoxy) is 1. The van der Waals surface area contributed by atoms with Gasteiger partial charge in [0.15, 0.2) is 0 Å². The number of hydrogen-bond acceptors (Lipinski definition) is 5. The van der Waals surface area contributed by atoms with Crippen LogP contribution in [0.15, 0.2) is 61.1 Å². The maximum Gasteiger partial charge on any atom is 0.418 e. The van der Waals surface area contributed by atoms with Crippen molar-refractivity contribution in [2.75, 3.05) is 18.4 Å². The standard InChI is InChI=1S/C22H20N6O3/c1-26-21(17(13-23-26)20(29)27-9-5-10-27)31-22(30)24-16-8-11-28-14-18(25-19(28)12-16)15-6-3-2-4-7-15/h2-4,6-8,11-14H,5,9-10H2,1H3,(H,24,30). The molecule has 2 amide bonds. The molecule has 1 N–H and O–H groups in total. The van der Waals surface area contributed by atoms with Crippen LogP contribution in [0.3, 0.4) is 0 Å². The second-order valence-corrected chi connectivity index (χ2v) is 7.32. The van der Waals surface area contributed by atoms with Crippen LogP contribution in [0.4, 0.5) is 10.5 Å². The number of amides is 2. The van der Waals surface area contributed by atoms with E-state index in [1.807, 2.05) is 47.1 Å². The van der Waals surface area contributed by atoms with Gasteiger partial charge in [0, 0.05) is 49.8 Å². The largest absolute Gasteiger partial charge is 0.418 e. The smallest absolute Gasteiger partial charge is 0.390 e. The maximum absolute atomic E-state index is 12.5. The average molecular weight is 416 g/mol. The highest BCUT2D eigenvalue weighted by molar-refractivity contribution is 5.98. The summed E-state index contributed by atoms with van der Waals surface area (Å²) in [5.74, 6) is -0.0722. The van der Waals surface area contributed by atoms with E-state index >= 15 is 0 Å². The van der Waals surface area contributed by atoms with E-state index in [1.165, 1.54) is 10.9 Å². The summed E-state index contributed by atoms with van der Waals surface area (Å²) in [5.41, 5.74) is 3.33. The van der Waals surface area contributed by atoms with Gasteiger partial charge in [-0.25, -0.2) is 14.5 Å². The minimum absolute atomic E-state index is 0.114. The van der Waals surface area contributed by atoms with Crippen LogP contribution >= 0.6 is 0 Å². The Balaban J connectivity index is 1.33. The van der Waals surface area contributed by atoms with Crippen molar-refractivity contribution < 1.29 is 14.3 Å². The van der Waals surface area contributed by atoms with Gasteiger partial charge in [-0.2, -0.15) is 5.10 Å². The second-order valence-electron chi connectivity index (χ2n) is 7.32. The summed E-state index contributed by atoms with van der Waals surface area (Å²) in [6, 6.07) is 13.4. The molecule has 1 saturated heterocycles. The van der Waals surface area contributed by atoms with E-state index in [2.05, 4.69) is 15.4 Å². The van der Waals surface area contributed by atoms with E-state index in [0.29, 0.717) is 24.4 Å². The predicted molar refractivity (Wildman–Crippen MR) is 114 cm³/mol. The molecule has 1 aliphatic heterocycles. The molecule has 156 valence electrons. The van der Waals surface area contributed by atoms with Crippen LogP contribution in [-0.2, 0) is 7.05 Å². The molecular formula is C22H20N6O3. The number of benzene rings is 1. The van der Waals surface area contributed by atoms with Gasteiger partial charge in [-0.15, -0.1) is 0 Å². The van der Waals surface area contributed by atoms with Crippen LogP contribution in [-0.4, -0.2) is 49.2 Å². The monoisotopic (exact) mass is 416 g/mol. The van der Waals surface area contributed by atoms with Gasteiger partial charge in [-0.1, -0.05) is 30.3 Å². The van der Waals surface area contributed by atoms with Gasteiger partial charge in [0.25, 0.3) is 5.91 Å². The normalized spacial score (nSPS) is 13.1. The SMILES string of the molecule is Cn1ncc(C(=O)N2CCC2)c1OC(=O)Nc1ccn2cc(-c3ccccc3)nc2c1. The number of imidazole rings is 1. The highest BCUT2D eigenvalue weighted by atomic mass is 16.6. The molecule has 5 rings (SSSR count). The molecule has 1 aliphatic rings. The summed E-state index contributed by atoms with van der Waals surface area (Å²) >= 11 is 0. The number of fused-ring (bicyclic) bond motifs is 1. The summed E-state index contributed by atoms with van der Waals surface area (Å²) in [6.07, 6.45) is 5.43. The fourth-order valence-electron chi connectivity index (χ4n) is 3.42. The molecular weight excluding hydrogens is 396 g/mol. The van der Waals surface area contributed by atoms with E-state index in [-0.39, 0.29) is 17.4 Å². The molecule has 0 radical (unpaired) electrons. The first-order valence-electron chi connectivity index (χ1n) is 9.93. The Hall–Kier alpha value is -4.14. The molecule has 0 spiro atoms. The Kier molecular flexibility index (Phi) is 4.62. The quantitative estimate of drug-likeness (QED) is 0.551. The maximum atomic E-state index is 12.5. The number of nitrogens with one attached hydrogen (secondary N) is 1. The fraction of sp³-hybridized carbons (Fsp3) is 0.182. The van der Waals surface area contributed by atoms with Crippen molar-refractivity contribution in [3.05, 3.63) is 66.6 Å². The number of anilines is 1. The lowest BCUT2D eigenvalue weighted by atomic mass is 10.2. The summed E-state index contributed by atoms with van der Waals surface area (Å²) in [6.45, 7) is 1.41. The molecule has 0 aliphatic carbocycles. The molecule has 4 aromatic rings. The highest BCUT2D eigenvalue weighted by Gasteiger charge is 2.27. The number of likely N-dealkylation sites (tertiary alicyclic amines) is 1. The molecule has 0 bridgehead atoms. The number of hydrogen-bond donors (Lipinski definition) is 1. The Labute approximate surface area is 177 Å². The van der Waals surface area contributed by atoms with Gasteiger partial charge in [-0.3, -0.25) is 10.1 Å². The third-order valence-electron chi connectivity index (χ3n) is 5.22. The van der Waals surface area contributed by atoms with E-state index in [0.717, 1.165) is 17.7 Å². The third-order valence-corrected chi connectivity index (χ3v) is 5.22. The van der Waals surface area contributed by atoms with Crippen molar-refractivity contribution in [2.24, 2.45) is 7.05 Å². The first-order chi connectivity index (χ1) is 15.1. The predicted octanol–water partition coefficient (Wildman–Crippen LogP) is 3.19. The van der Waals surface area contributed by atoms with E-state index in [4.69, 9.17) is 4.74 Å². The zero-order valence-electron chi connectivity index (χ0n) is 16.9. The highest BCUT2D eigenvalue weighted by Crippen LogP contribution is 2.23. The van der Waals surface area contributed by atoms with Crippen LogP contribution < -0.4 is 10.1 Å². The molecule has 0 saturated carbocycles. The van der Waals surface area contributed by atoms with Crippen LogP contribution in [0.1, 0.15) is 16.8 Å². The van der Waals surface area contributed by atoms with Gasteiger partial charge >= 0.3 is 6.09 Å². The number of pyridine rings is 1. The summed E-state index contributed by atoms with van der Waals surface area (Å²) in [4.78, 5) is 31.3. The fourth-order valence-corrected chi connectivity index (χ4v) is 3.42. The van der Waals surface area contributed by atoms with Gasteiger partial charge in [-0.05, 0) is 12.5 Å². The van der Waals surface area contributed by atoms with Crippen molar-refractivity contribution in [1.82, 2.24) is 24.1 Å². The Morgan fingerprint density at radius 1 is 1.13 bits per heavy atom. The number of aromatic nitrogens is 4. The molecule has 0 unspecified atom stereocenters. The van der Waals surface area contributed by atoms with Crippen molar-refractivity contribution in [3.63, 3.8) is 0 Å². The number of carbonyl (C=O) groups excluding carboxylic acids is 2. The summed E-state index contributed by atoms with van der Waals surface area (Å²) in [7, 11) is 1.62. The van der Waals surface area contributed by atoms with Gasteiger partial charge in [0.05, 0.1) is 11.9 Å². The lowest BCUT2D eigenvalue weighted by molar-refractivity contribution is 0.0649. The second kappa shape index (κ2) is 7.60. The first kappa shape index (κ1) is 18.9. The van der Waals surface area contributed by atoms with Crippen molar-refractivity contribution in [2.45, 2.75) is 6.42 Å². The van der Waals surface area contributed by atoms with Crippen LogP contribution in [0.25, 0.3) is 16.9 Å². The van der Waals surface area contributed by atoms with E-state index in [1.54, 1.807) is 24.1 Å². The molecule has 1 fully saturated rings. The third kappa shape index (κ3) is 3.61. The number of carbonyl (C=O) groups is 2. The summed E-state index contributed by atoms with van der Waals surface area (Å²) in [5, 5.41) is 6.75.